The van der Waals surface area contributed by atoms with Gasteiger partial charge < -0.3 is 15.0 Å². The summed E-state index contributed by atoms with van der Waals surface area (Å²) in [7, 11) is 0. The molecule has 0 atom stereocenters. The Bertz CT molecular complexity index is 1400. The minimum Gasteiger partial charge on any atom is -0.481 e. The van der Waals surface area contributed by atoms with Crippen molar-refractivity contribution in [1.29, 1.82) is 0 Å². The Labute approximate surface area is 208 Å². The number of rotatable bonds is 6. The zero-order chi connectivity index (χ0) is 24.2. The molecule has 0 aliphatic heterocycles. The molecule has 6 rings (SSSR count). The summed E-state index contributed by atoms with van der Waals surface area (Å²) in [5.74, 6) is -0.896. The van der Waals surface area contributed by atoms with E-state index in [0.717, 1.165) is 46.3 Å². The highest BCUT2D eigenvalue weighted by Crippen LogP contribution is 2.58. The van der Waals surface area contributed by atoms with E-state index in [-0.39, 0.29) is 23.3 Å². The number of aryl methyl sites for hydroxylation is 1. The summed E-state index contributed by atoms with van der Waals surface area (Å²) in [6, 6.07) is 21.2. The van der Waals surface area contributed by atoms with Crippen molar-refractivity contribution in [1.82, 2.24) is 9.88 Å². The second-order valence-corrected chi connectivity index (χ2v) is 11.5. The largest absolute Gasteiger partial charge is 0.481 e. The predicted molar refractivity (Wildman–Crippen MR) is 139 cm³/mol. The number of amides is 1. The summed E-state index contributed by atoms with van der Waals surface area (Å²) in [6.07, 6.45) is 5.36. The van der Waals surface area contributed by atoms with Crippen LogP contribution in [0.15, 0.2) is 66.9 Å². The fourth-order valence-corrected chi connectivity index (χ4v) is 7.12. The summed E-state index contributed by atoms with van der Waals surface area (Å²) in [5.41, 5.74) is 5.50. The van der Waals surface area contributed by atoms with Crippen LogP contribution in [0.1, 0.15) is 46.5 Å². The molecule has 0 saturated heterocycles. The molecule has 2 aromatic heterocycles. The highest BCUT2D eigenvalue weighted by atomic mass is 32.1. The van der Waals surface area contributed by atoms with E-state index in [0.29, 0.717) is 6.54 Å². The number of fused-ring (bicyclic) bond motifs is 1. The molecule has 178 valence electrons. The summed E-state index contributed by atoms with van der Waals surface area (Å²) >= 11 is 1.66. The van der Waals surface area contributed by atoms with Crippen molar-refractivity contribution in [3.8, 4) is 11.1 Å². The van der Waals surface area contributed by atoms with Gasteiger partial charge in [-0.15, -0.1) is 11.3 Å². The van der Waals surface area contributed by atoms with Crippen LogP contribution < -0.4 is 5.32 Å². The van der Waals surface area contributed by atoms with Crippen LogP contribution in [0.25, 0.3) is 21.3 Å². The van der Waals surface area contributed by atoms with Gasteiger partial charge in [-0.3, -0.25) is 9.59 Å². The molecule has 1 spiro atoms. The Morgan fingerprint density at radius 2 is 1.69 bits per heavy atom. The third kappa shape index (κ3) is 3.96. The van der Waals surface area contributed by atoms with Gasteiger partial charge in [0, 0.05) is 23.7 Å². The van der Waals surface area contributed by atoms with Crippen molar-refractivity contribution in [2.24, 2.45) is 11.3 Å². The van der Waals surface area contributed by atoms with E-state index in [4.69, 9.17) is 5.11 Å². The average Bonchev–Trinajstić information content (AvgIpc) is 3.33. The Kier molecular flexibility index (Phi) is 5.29. The highest BCUT2D eigenvalue weighted by molar-refractivity contribution is 7.19. The molecule has 2 aromatic carbocycles. The number of thiophene rings is 1. The van der Waals surface area contributed by atoms with E-state index in [9.17, 15) is 9.59 Å². The number of nitrogens with one attached hydrogen (secondary N) is 1. The average molecular weight is 485 g/mol. The summed E-state index contributed by atoms with van der Waals surface area (Å²) in [4.78, 5) is 25.5. The topological polar surface area (TPSA) is 71.3 Å². The van der Waals surface area contributed by atoms with Crippen molar-refractivity contribution in [3.05, 3.63) is 82.9 Å². The van der Waals surface area contributed by atoms with Crippen molar-refractivity contribution >= 4 is 33.4 Å². The third-order valence-electron chi connectivity index (χ3n) is 7.82. The first-order valence-electron chi connectivity index (χ1n) is 12.2. The minimum absolute atomic E-state index is 0.0120. The number of hydrogen-bond donors (Lipinski definition) is 2. The third-order valence-corrected chi connectivity index (χ3v) is 8.88. The Hall–Kier alpha value is -3.38. The van der Waals surface area contributed by atoms with Gasteiger partial charge in [0.15, 0.2) is 0 Å². The standard InChI is InChI=1S/C29H28N2O3S/c1-18-25(27(32)30-23-15-29(16-23)13-22(14-29)28(33)34)26-24(35-18)11-12-31(26)17-19-7-9-21(10-8-19)20-5-3-2-4-6-20/h2-12,22-23H,13-17H2,1H3,(H,30,32)(H,33,34)/t22-,23-,29?. The molecule has 5 nitrogen and oxygen atoms in total. The molecule has 2 N–H and O–H groups in total. The molecule has 6 heteroatoms. The molecular formula is C29H28N2O3S. The van der Waals surface area contributed by atoms with Crippen molar-refractivity contribution in [3.63, 3.8) is 0 Å². The lowest BCUT2D eigenvalue weighted by atomic mass is 9.50. The molecule has 1 amide bonds. The lowest BCUT2D eigenvalue weighted by Crippen LogP contribution is -2.57. The Balaban J connectivity index is 1.17. The number of nitrogens with zero attached hydrogens (tertiary/aromatic N) is 1. The monoisotopic (exact) mass is 484 g/mol. The van der Waals surface area contributed by atoms with Crippen LogP contribution in [0.3, 0.4) is 0 Å². The number of carboxylic acid groups (broad SMARTS) is 1. The lowest BCUT2D eigenvalue weighted by molar-refractivity contribution is -0.155. The zero-order valence-electron chi connectivity index (χ0n) is 19.7. The lowest BCUT2D eigenvalue weighted by Gasteiger charge is -2.56. The van der Waals surface area contributed by atoms with E-state index in [1.54, 1.807) is 11.3 Å². The van der Waals surface area contributed by atoms with E-state index in [1.165, 1.54) is 16.7 Å². The number of aliphatic carboxylic acids is 1. The van der Waals surface area contributed by atoms with Crippen LogP contribution in [0.4, 0.5) is 0 Å². The maximum Gasteiger partial charge on any atom is 0.306 e. The van der Waals surface area contributed by atoms with Gasteiger partial charge in [0.1, 0.15) is 0 Å². The maximum absolute atomic E-state index is 13.3. The van der Waals surface area contributed by atoms with Crippen LogP contribution in [0.5, 0.6) is 0 Å². The predicted octanol–water partition coefficient (Wildman–Crippen LogP) is 6.10. The highest BCUT2D eigenvalue weighted by Gasteiger charge is 2.55. The summed E-state index contributed by atoms with van der Waals surface area (Å²) in [5, 5.41) is 12.4. The van der Waals surface area contributed by atoms with Gasteiger partial charge in [-0.25, -0.2) is 0 Å². The molecule has 2 saturated carbocycles. The van der Waals surface area contributed by atoms with Crippen LogP contribution >= 0.6 is 11.3 Å². The van der Waals surface area contributed by atoms with Crippen molar-refractivity contribution in [2.45, 2.75) is 45.2 Å². The summed E-state index contributed by atoms with van der Waals surface area (Å²) in [6.45, 7) is 2.72. The molecule has 2 fully saturated rings. The first-order chi connectivity index (χ1) is 16.9. The number of carbonyl (C=O) groups excluding carboxylic acids is 1. The smallest absolute Gasteiger partial charge is 0.306 e. The van der Waals surface area contributed by atoms with Crippen LogP contribution in [-0.4, -0.2) is 27.6 Å². The number of hydrogen-bond acceptors (Lipinski definition) is 3. The van der Waals surface area contributed by atoms with E-state index < -0.39 is 5.97 Å². The van der Waals surface area contributed by atoms with Gasteiger partial charge in [-0.2, -0.15) is 0 Å². The second kappa shape index (κ2) is 8.38. The molecule has 2 aliphatic carbocycles. The van der Waals surface area contributed by atoms with Gasteiger partial charge in [-0.05, 0) is 60.8 Å². The molecular weight excluding hydrogens is 456 g/mol. The van der Waals surface area contributed by atoms with Gasteiger partial charge >= 0.3 is 5.97 Å². The number of carbonyl (C=O) groups is 2. The molecule has 2 heterocycles. The minimum atomic E-state index is -0.685. The van der Waals surface area contributed by atoms with Crippen molar-refractivity contribution in [2.75, 3.05) is 0 Å². The number of benzene rings is 2. The second-order valence-electron chi connectivity index (χ2n) is 10.3. The first-order valence-corrected chi connectivity index (χ1v) is 13.0. The number of aromatic nitrogens is 1. The quantitative estimate of drug-likeness (QED) is 0.347. The fraction of sp³-hybridized carbons (Fsp3) is 0.310. The Morgan fingerprint density at radius 1 is 1.00 bits per heavy atom. The first kappa shape index (κ1) is 22.1. The normalized spacial score (nSPS) is 23.1. The van der Waals surface area contributed by atoms with Crippen molar-refractivity contribution < 1.29 is 14.7 Å². The number of carboxylic acids is 1. The van der Waals surface area contributed by atoms with Gasteiger partial charge in [0.05, 0.1) is 21.7 Å². The van der Waals surface area contributed by atoms with Gasteiger partial charge in [-0.1, -0.05) is 54.6 Å². The molecule has 35 heavy (non-hydrogen) atoms. The molecule has 0 radical (unpaired) electrons. The molecule has 0 bridgehead atoms. The van der Waals surface area contributed by atoms with E-state index in [1.807, 2.05) is 25.1 Å². The SMILES string of the molecule is Cc1sc2ccn(Cc3ccc(-c4ccccc4)cc3)c2c1C(=O)N[C@H]1CC2(C1)C[C@H](C(=O)O)C2. The van der Waals surface area contributed by atoms with E-state index >= 15 is 0 Å². The van der Waals surface area contributed by atoms with E-state index in [2.05, 4.69) is 58.5 Å². The Morgan fingerprint density at radius 3 is 2.37 bits per heavy atom. The molecule has 4 aromatic rings. The van der Waals surface area contributed by atoms with Crippen LogP contribution in [0, 0.1) is 18.3 Å². The summed E-state index contributed by atoms with van der Waals surface area (Å²) < 4.78 is 3.30. The molecule has 2 aliphatic rings. The van der Waals surface area contributed by atoms with Gasteiger partial charge in [0.25, 0.3) is 5.91 Å². The van der Waals surface area contributed by atoms with Gasteiger partial charge in [0.2, 0.25) is 0 Å². The fourth-order valence-electron chi connectivity index (χ4n) is 6.05. The van der Waals surface area contributed by atoms with Crippen LogP contribution in [-0.2, 0) is 11.3 Å². The zero-order valence-corrected chi connectivity index (χ0v) is 20.5. The maximum atomic E-state index is 13.3. The van der Waals surface area contributed by atoms with Crippen LogP contribution in [0.2, 0.25) is 0 Å². The molecule has 0 unspecified atom stereocenters.